The van der Waals surface area contributed by atoms with Crippen LogP contribution < -0.4 is 10.4 Å². The Bertz CT molecular complexity index is 365. The van der Waals surface area contributed by atoms with Gasteiger partial charge < -0.3 is 9.64 Å². The van der Waals surface area contributed by atoms with Gasteiger partial charge >= 0.3 is 0 Å². The number of aryl methyl sites for hydroxylation is 1. The van der Waals surface area contributed by atoms with E-state index in [0.29, 0.717) is 12.6 Å². The van der Waals surface area contributed by atoms with Crippen LogP contribution in [0.4, 0.5) is 11.4 Å². The number of benzene rings is 1. The van der Waals surface area contributed by atoms with E-state index in [2.05, 4.69) is 30.1 Å². The topological polar surface area (TPSA) is 50.4 Å². The first-order valence-corrected chi connectivity index (χ1v) is 5.33. The number of hydrogen-bond donors (Lipinski definition) is 1. The highest BCUT2D eigenvalue weighted by Crippen LogP contribution is 2.24. The fraction of sp³-hybridized carbons (Fsp3) is 0.500. The van der Waals surface area contributed by atoms with Crippen molar-refractivity contribution in [3.8, 4) is 0 Å². The summed E-state index contributed by atoms with van der Waals surface area (Å²) in [7, 11) is 3.77. The molecule has 0 amide bonds. The van der Waals surface area contributed by atoms with Gasteiger partial charge in [-0.25, -0.2) is 0 Å². The Morgan fingerprint density at radius 1 is 1.50 bits per heavy atom. The van der Waals surface area contributed by atoms with Gasteiger partial charge in [0.05, 0.1) is 6.61 Å². The highest BCUT2D eigenvalue weighted by atomic mass is 16.5. The van der Waals surface area contributed by atoms with Crippen LogP contribution in [0.25, 0.3) is 0 Å². The van der Waals surface area contributed by atoms with Gasteiger partial charge in [0, 0.05) is 25.9 Å². The minimum Gasteiger partial charge on any atom is -0.383 e. The molecule has 0 saturated heterocycles. The van der Waals surface area contributed by atoms with E-state index >= 15 is 0 Å². The van der Waals surface area contributed by atoms with Crippen molar-refractivity contribution >= 4 is 11.4 Å². The molecule has 1 aromatic carbocycles. The maximum atomic E-state index is 5.28. The lowest BCUT2D eigenvalue weighted by molar-refractivity contribution is -0.210. The maximum Gasteiger partial charge on any atom is 0.133 e. The Hall–Kier alpha value is -1.42. The average molecular weight is 222 g/mol. The largest absolute Gasteiger partial charge is 0.383 e. The molecule has 0 spiro atoms. The molecule has 0 bridgehead atoms. The van der Waals surface area contributed by atoms with E-state index in [4.69, 9.17) is 10.3 Å². The minimum atomic E-state index is 0.338. The summed E-state index contributed by atoms with van der Waals surface area (Å²) in [6.07, 6.45) is 0. The van der Waals surface area contributed by atoms with Crippen molar-refractivity contribution < 1.29 is 10.3 Å². The third-order valence-electron chi connectivity index (χ3n) is 2.80. The summed E-state index contributed by atoms with van der Waals surface area (Å²) in [6, 6.07) is 6.37. The van der Waals surface area contributed by atoms with Gasteiger partial charge in [0.1, 0.15) is 5.69 Å². The fourth-order valence-electron chi connectivity index (χ4n) is 1.61. The molecule has 0 saturated carbocycles. The second kappa shape index (κ2) is 5.61. The van der Waals surface area contributed by atoms with Gasteiger partial charge in [-0.2, -0.15) is 5.53 Å². The molecule has 4 nitrogen and oxygen atoms in total. The van der Waals surface area contributed by atoms with E-state index in [0.717, 1.165) is 16.9 Å². The number of hydrogen-bond acceptors (Lipinski definition) is 3. The average Bonchev–Trinajstić information content (AvgIpc) is 2.28. The molecule has 1 unspecified atom stereocenters. The predicted molar refractivity (Wildman–Crippen MR) is 64.9 cm³/mol. The van der Waals surface area contributed by atoms with Crippen molar-refractivity contribution in [2.24, 2.45) is 5.11 Å². The molecule has 88 valence electrons. The number of rotatable bonds is 5. The second-order valence-electron chi connectivity index (χ2n) is 4.02. The van der Waals surface area contributed by atoms with Crippen LogP contribution in [0.2, 0.25) is 0 Å². The highest BCUT2D eigenvalue weighted by molar-refractivity contribution is 5.57. The van der Waals surface area contributed by atoms with Crippen LogP contribution in [0.1, 0.15) is 12.5 Å². The van der Waals surface area contributed by atoms with Crippen molar-refractivity contribution in [1.29, 1.82) is 0 Å². The quantitative estimate of drug-likeness (QED) is 0.764. The molecule has 0 radical (unpaired) electrons. The fourth-order valence-corrected chi connectivity index (χ4v) is 1.61. The number of methoxy groups -OCH3 is 1. The number of anilines is 1. The third kappa shape index (κ3) is 2.79. The Morgan fingerprint density at radius 3 is 2.69 bits per heavy atom. The lowest BCUT2D eigenvalue weighted by atomic mass is 10.1. The molecular formula is C12H20N3O+. The van der Waals surface area contributed by atoms with Crippen LogP contribution in [-0.2, 0) is 4.74 Å². The molecule has 1 atom stereocenters. The number of nitrogens with zero attached hydrogens (tertiary/aromatic N) is 2. The lowest BCUT2D eigenvalue weighted by Crippen LogP contribution is -2.32. The molecule has 1 aromatic rings. The minimum absolute atomic E-state index is 0.338. The summed E-state index contributed by atoms with van der Waals surface area (Å²) < 4.78 is 5.14. The van der Waals surface area contributed by atoms with Gasteiger partial charge in [0.15, 0.2) is 0 Å². The lowest BCUT2D eigenvalue weighted by Gasteiger charge is -2.26. The Balaban J connectivity index is 2.88. The number of ether oxygens (including phenoxy) is 1. The van der Waals surface area contributed by atoms with Crippen LogP contribution >= 0.6 is 0 Å². The van der Waals surface area contributed by atoms with Gasteiger partial charge in [-0.05, 0) is 42.7 Å². The highest BCUT2D eigenvalue weighted by Gasteiger charge is 2.10. The molecule has 0 aliphatic heterocycles. The Labute approximate surface area is 96.7 Å². The normalized spacial score (nSPS) is 12.2. The van der Waals surface area contributed by atoms with E-state index in [-0.39, 0.29) is 0 Å². The smallest absolute Gasteiger partial charge is 0.133 e. The molecule has 0 aromatic heterocycles. The standard InChI is InChI=1S/C12H19N3O/c1-9-7-11(5-6-12(9)14-13)15(3)10(2)8-16-4/h5-7,10,13H,8H2,1-4H3/p+1. The first kappa shape index (κ1) is 12.6. The van der Waals surface area contributed by atoms with Crippen molar-refractivity contribution in [1.82, 2.24) is 0 Å². The van der Waals surface area contributed by atoms with Crippen molar-refractivity contribution in [3.63, 3.8) is 0 Å². The van der Waals surface area contributed by atoms with Gasteiger partial charge in [0.25, 0.3) is 0 Å². The molecule has 0 heterocycles. The van der Waals surface area contributed by atoms with Crippen LogP contribution in [0.15, 0.2) is 23.3 Å². The Kier molecular flexibility index (Phi) is 4.43. The van der Waals surface area contributed by atoms with Crippen LogP contribution in [0.5, 0.6) is 0 Å². The van der Waals surface area contributed by atoms with E-state index in [1.54, 1.807) is 7.11 Å². The van der Waals surface area contributed by atoms with Crippen molar-refractivity contribution in [2.45, 2.75) is 19.9 Å². The van der Waals surface area contributed by atoms with Gasteiger partial charge in [-0.15, -0.1) is 0 Å². The number of nitrogens with two attached hydrogens (primary N) is 1. The second-order valence-corrected chi connectivity index (χ2v) is 4.02. The van der Waals surface area contributed by atoms with Crippen LogP contribution in [-0.4, -0.2) is 26.8 Å². The molecule has 0 aliphatic carbocycles. The maximum absolute atomic E-state index is 5.28. The zero-order chi connectivity index (χ0) is 12.1. The Morgan fingerprint density at radius 2 is 2.19 bits per heavy atom. The first-order chi connectivity index (χ1) is 7.60. The first-order valence-electron chi connectivity index (χ1n) is 5.33. The van der Waals surface area contributed by atoms with Crippen LogP contribution in [0, 0.1) is 6.92 Å². The summed E-state index contributed by atoms with van der Waals surface area (Å²) >= 11 is 0. The molecule has 0 fully saturated rings. The van der Waals surface area contributed by atoms with Gasteiger partial charge in [-0.3, -0.25) is 0 Å². The molecular weight excluding hydrogens is 202 g/mol. The van der Waals surface area contributed by atoms with Gasteiger partial charge in [-0.1, -0.05) is 0 Å². The summed E-state index contributed by atoms with van der Waals surface area (Å²) in [5.74, 6) is 0. The summed E-state index contributed by atoms with van der Waals surface area (Å²) in [4.78, 5) is 2.18. The number of likely N-dealkylation sites (N-methyl/N-ethyl adjacent to an activating group) is 1. The summed E-state index contributed by atoms with van der Waals surface area (Å²) in [6.45, 7) is 4.84. The zero-order valence-electron chi connectivity index (χ0n) is 10.4. The molecule has 4 heteroatoms. The molecule has 2 N–H and O–H groups in total. The van der Waals surface area contributed by atoms with Gasteiger partial charge in [0.2, 0.25) is 0 Å². The monoisotopic (exact) mass is 222 g/mol. The predicted octanol–water partition coefficient (Wildman–Crippen LogP) is 1.31. The zero-order valence-corrected chi connectivity index (χ0v) is 10.4. The van der Waals surface area contributed by atoms with E-state index in [9.17, 15) is 0 Å². The van der Waals surface area contributed by atoms with E-state index in [1.165, 1.54) is 0 Å². The molecule has 16 heavy (non-hydrogen) atoms. The van der Waals surface area contributed by atoms with Crippen molar-refractivity contribution in [2.75, 3.05) is 25.7 Å². The van der Waals surface area contributed by atoms with E-state index in [1.807, 2.05) is 19.1 Å². The third-order valence-corrected chi connectivity index (χ3v) is 2.80. The summed E-state index contributed by atoms with van der Waals surface area (Å²) in [5.41, 5.74) is 8.33. The molecule has 1 rings (SSSR count). The van der Waals surface area contributed by atoms with Crippen LogP contribution in [0.3, 0.4) is 0 Å². The molecule has 0 aliphatic rings. The summed E-state index contributed by atoms with van der Waals surface area (Å²) in [5, 5.41) is 3.71. The van der Waals surface area contributed by atoms with E-state index < -0.39 is 0 Å². The SMILES string of the molecule is COCC(C)N(C)c1ccc(N=[NH2+])c(C)c1. The van der Waals surface area contributed by atoms with Crippen molar-refractivity contribution in [3.05, 3.63) is 23.8 Å².